The number of carbonyl (C=O) groups excluding carboxylic acids is 2. The largest absolute Gasteiger partial charge is 0.507 e. The number of ether oxygens (including phenoxy) is 1. The number of furan rings is 1. The molecular weight excluding hydrogens is 406 g/mol. The topological polar surface area (TPSA) is 80.0 Å². The number of ketones is 1. The first kappa shape index (κ1) is 21.4. The van der Waals surface area contributed by atoms with E-state index < -0.39 is 17.7 Å². The molecule has 0 saturated carbocycles. The molecule has 4 rings (SSSR count). The normalized spacial score (nSPS) is 17.7. The van der Waals surface area contributed by atoms with Crippen LogP contribution in [0.4, 0.5) is 0 Å². The van der Waals surface area contributed by atoms with E-state index in [1.165, 1.54) is 11.2 Å². The summed E-state index contributed by atoms with van der Waals surface area (Å²) in [6, 6.07) is 15.5. The van der Waals surface area contributed by atoms with Crippen LogP contribution in [0.3, 0.4) is 0 Å². The second-order valence-electron chi connectivity index (χ2n) is 7.78. The van der Waals surface area contributed by atoms with Crippen LogP contribution in [0.15, 0.2) is 70.9 Å². The summed E-state index contributed by atoms with van der Waals surface area (Å²) >= 11 is 0. The first-order valence-electron chi connectivity index (χ1n) is 10.5. The number of likely N-dealkylation sites (tertiary alicyclic amines) is 1. The van der Waals surface area contributed by atoms with Gasteiger partial charge in [0.1, 0.15) is 17.3 Å². The van der Waals surface area contributed by atoms with Gasteiger partial charge in [0.2, 0.25) is 0 Å². The zero-order chi connectivity index (χ0) is 22.8. The van der Waals surface area contributed by atoms with E-state index in [-0.39, 0.29) is 17.9 Å². The number of Topliss-reactive ketones (excluding diaryl/α,β-unsaturated/α-hetero) is 1. The number of carbonyl (C=O) groups is 2. The Morgan fingerprint density at radius 1 is 1.06 bits per heavy atom. The summed E-state index contributed by atoms with van der Waals surface area (Å²) < 4.78 is 11.0. The van der Waals surface area contributed by atoms with Crippen LogP contribution in [0.25, 0.3) is 5.76 Å². The molecule has 6 heteroatoms. The van der Waals surface area contributed by atoms with Crippen molar-refractivity contribution in [3.63, 3.8) is 0 Å². The molecule has 1 aromatic heterocycles. The van der Waals surface area contributed by atoms with Crippen LogP contribution >= 0.6 is 0 Å². The number of hydrogen-bond donors (Lipinski definition) is 1. The fourth-order valence-electron chi connectivity index (χ4n) is 4.10. The second kappa shape index (κ2) is 8.75. The molecule has 6 nitrogen and oxygen atoms in total. The summed E-state index contributed by atoms with van der Waals surface area (Å²) in [6.45, 7) is 6.34. The number of benzene rings is 2. The first-order valence-corrected chi connectivity index (χ1v) is 10.5. The molecule has 32 heavy (non-hydrogen) atoms. The van der Waals surface area contributed by atoms with Gasteiger partial charge in [0, 0.05) is 5.56 Å². The van der Waals surface area contributed by atoms with Crippen molar-refractivity contribution in [3.05, 3.63) is 94.4 Å². The van der Waals surface area contributed by atoms with E-state index in [1.807, 2.05) is 45.0 Å². The SMILES string of the molecule is CCOc1ccc(/C(O)=C2\C(=O)C(=O)N(Cc3ccco3)C2c2ccccc2C)cc1C. The molecule has 2 aromatic carbocycles. The van der Waals surface area contributed by atoms with Gasteiger partial charge in [-0.05, 0) is 67.8 Å². The highest BCUT2D eigenvalue weighted by Crippen LogP contribution is 2.41. The highest BCUT2D eigenvalue weighted by molar-refractivity contribution is 6.46. The minimum Gasteiger partial charge on any atom is -0.507 e. The fourth-order valence-corrected chi connectivity index (χ4v) is 4.10. The van der Waals surface area contributed by atoms with Crippen LogP contribution in [-0.2, 0) is 16.1 Å². The predicted molar refractivity (Wildman–Crippen MR) is 120 cm³/mol. The van der Waals surface area contributed by atoms with E-state index in [4.69, 9.17) is 9.15 Å². The maximum atomic E-state index is 13.1. The van der Waals surface area contributed by atoms with E-state index in [0.717, 1.165) is 16.7 Å². The molecule has 1 fully saturated rings. The van der Waals surface area contributed by atoms with Gasteiger partial charge in [-0.15, -0.1) is 0 Å². The fraction of sp³-hybridized carbons (Fsp3) is 0.231. The maximum absolute atomic E-state index is 13.1. The van der Waals surface area contributed by atoms with Crippen molar-refractivity contribution in [2.75, 3.05) is 6.61 Å². The summed E-state index contributed by atoms with van der Waals surface area (Å²) in [6.07, 6.45) is 1.53. The first-order chi connectivity index (χ1) is 15.4. The lowest BCUT2D eigenvalue weighted by molar-refractivity contribution is -0.140. The van der Waals surface area contributed by atoms with Crippen molar-refractivity contribution < 1.29 is 23.8 Å². The summed E-state index contributed by atoms with van der Waals surface area (Å²) in [7, 11) is 0. The summed E-state index contributed by atoms with van der Waals surface area (Å²) in [5.74, 6) is -0.322. The van der Waals surface area contributed by atoms with Gasteiger partial charge in [-0.25, -0.2) is 0 Å². The monoisotopic (exact) mass is 431 g/mol. The van der Waals surface area contributed by atoms with Gasteiger partial charge in [0.15, 0.2) is 0 Å². The molecule has 1 atom stereocenters. The number of aliphatic hydroxyl groups is 1. The smallest absolute Gasteiger partial charge is 0.296 e. The Morgan fingerprint density at radius 2 is 1.84 bits per heavy atom. The van der Waals surface area contributed by atoms with Gasteiger partial charge >= 0.3 is 0 Å². The molecule has 0 spiro atoms. The molecule has 1 amide bonds. The second-order valence-corrected chi connectivity index (χ2v) is 7.78. The van der Waals surface area contributed by atoms with Crippen LogP contribution in [0, 0.1) is 13.8 Å². The number of hydrogen-bond acceptors (Lipinski definition) is 5. The molecule has 1 saturated heterocycles. The van der Waals surface area contributed by atoms with Crippen LogP contribution in [0.1, 0.15) is 41.0 Å². The molecule has 0 radical (unpaired) electrons. The zero-order valence-electron chi connectivity index (χ0n) is 18.3. The Labute approximate surface area is 186 Å². The molecule has 1 unspecified atom stereocenters. The Hall–Kier alpha value is -3.80. The van der Waals surface area contributed by atoms with Crippen molar-refractivity contribution in [2.24, 2.45) is 0 Å². The van der Waals surface area contributed by atoms with Gasteiger partial charge in [0.05, 0.1) is 31.0 Å². The van der Waals surface area contributed by atoms with Crippen molar-refractivity contribution in [3.8, 4) is 5.75 Å². The van der Waals surface area contributed by atoms with Crippen LogP contribution in [0.5, 0.6) is 5.75 Å². The van der Waals surface area contributed by atoms with Gasteiger partial charge in [0.25, 0.3) is 11.7 Å². The van der Waals surface area contributed by atoms with E-state index in [9.17, 15) is 14.7 Å². The number of nitrogens with zero attached hydrogens (tertiary/aromatic N) is 1. The standard InChI is InChI=1S/C26H25NO5/c1-4-31-21-12-11-18(14-17(21)3)24(28)22-23(20-10-6-5-8-16(20)2)27(26(30)25(22)29)15-19-9-7-13-32-19/h5-14,23,28H,4,15H2,1-3H3/b24-22+. The van der Waals surface area contributed by atoms with E-state index in [0.29, 0.717) is 23.7 Å². The number of rotatable bonds is 6. The average molecular weight is 431 g/mol. The van der Waals surface area contributed by atoms with Gasteiger partial charge in [-0.3, -0.25) is 9.59 Å². The van der Waals surface area contributed by atoms with E-state index >= 15 is 0 Å². The van der Waals surface area contributed by atoms with E-state index in [2.05, 4.69) is 0 Å². The van der Waals surface area contributed by atoms with Gasteiger partial charge < -0.3 is 19.2 Å². The maximum Gasteiger partial charge on any atom is 0.296 e. The zero-order valence-corrected chi connectivity index (χ0v) is 18.3. The van der Waals surface area contributed by atoms with Crippen molar-refractivity contribution in [1.82, 2.24) is 4.90 Å². The summed E-state index contributed by atoms with van der Waals surface area (Å²) in [5, 5.41) is 11.2. The Balaban J connectivity index is 1.86. The van der Waals surface area contributed by atoms with Crippen LogP contribution in [0.2, 0.25) is 0 Å². The highest BCUT2D eigenvalue weighted by Gasteiger charge is 2.46. The van der Waals surface area contributed by atoms with Gasteiger partial charge in [-0.1, -0.05) is 24.3 Å². The lowest BCUT2D eigenvalue weighted by Gasteiger charge is -2.25. The third kappa shape index (κ3) is 3.80. The molecule has 1 N–H and O–H groups in total. The lowest BCUT2D eigenvalue weighted by Crippen LogP contribution is -2.29. The lowest BCUT2D eigenvalue weighted by atomic mass is 9.92. The molecule has 164 valence electrons. The van der Waals surface area contributed by atoms with Gasteiger partial charge in [-0.2, -0.15) is 0 Å². The minimum atomic E-state index is -0.729. The summed E-state index contributed by atoms with van der Waals surface area (Å²) in [4.78, 5) is 27.6. The summed E-state index contributed by atoms with van der Waals surface area (Å²) in [5.41, 5.74) is 3.05. The predicted octanol–water partition coefficient (Wildman–Crippen LogP) is 4.92. The third-order valence-electron chi connectivity index (χ3n) is 5.68. The Bertz CT molecular complexity index is 1190. The molecular formula is C26H25NO5. The van der Waals surface area contributed by atoms with Crippen molar-refractivity contribution >= 4 is 17.4 Å². The quantitative estimate of drug-likeness (QED) is 0.341. The van der Waals surface area contributed by atoms with Crippen LogP contribution < -0.4 is 4.74 Å². The highest BCUT2D eigenvalue weighted by atomic mass is 16.5. The Kier molecular flexibility index (Phi) is 5.86. The number of aliphatic hydroxyl groups excluding tert-OH is 1. The molecule has 1 aliphatic rings. The van der Waals surface area contributed by atoms with Crippen LogP contribution in [-0.4, -0.2) is 28.3 Å². The molecule has 0 aliphatic carbocycles. The van der Waals surface area contributed by atoms with Crippen molar-refractivity contribution in [1.29, 1.82) is 0 Å². The minimum absolute atomic E-state index is 0.0689. The average Bonchev–Trinajstić information content (AvgIpc) is 3.38. The Morgan fingerprint density at radius 3 is 2.50 bits per heavy atom. The van der Waals surface area contributed by atoms with Crippen molar-refractivity contribution in [2.45, 2.75) is 33.4 Å². The third-order valence-corrected chi connectivity index (χ3v) is 5.68. The number of amides is 1. The molecule has 1 aliphatic heterocycles. The molecule has 0 bridgehead atoms. The molecule has 3 aromatic rings. The van der Waals surface area contributed by atoms with E-state index in [1.54, 1.807) is 30.3 Å². The number of aryl methyl sites for hydroxylation is 2. The molecule has 2 heterocycles.